The lowest BCUT2D eigenvalue weighted by Crippen LogP contribution is -2.13. The Labute approximate surface area is 221 Å². The van der Waals surface area contributed by atoms with Crippen molar-refractivity contribution in [1.29, 1.82) is 5.26 Å². The molecular weight excluding hydrogens is 542 g/mol. The third-order valence-electron chi connectivity index (χ3n) is 4.51. The van der Waals surface area contributed by atoms with Crippen molar-refractivity contribution < 1.29 is 14.3 Å². The van der Waals surface area contributed by atoms with E-state index in [2.05, 4.69) is 5.32 Å². The van der Waals surface area contributed by atoms with E-state index < -0.39 is 5.91 Å². The van der Waals surface area contributed by atoms with E-state index in [-0.39, 0.29) is 38.7 Å². The predicted octanol–water partition coefficient (Wildman–Crippen LogP) is 8.09. The number of nitrogens with zero attached hydrogens (tertiary/aromatic N) is 1. The van der Waals surface area contributed by atoms with Crippen LogP contribution in [0, 0.1) is 11.3 Å². The summed E-state index contributed by atoms with van der Waals surface area (Å²) >= 11 is 30.6. The SMILES string of the molecule is COc1cc(/C=C(/C#N)C(=O)Nc2cccc(Cl)c2Cl)cc(Cl)c1OCc1ccc(Cl)cc1Cl. The van der Waals surface area contributed by atoms with Gasteiger partial charge in [0, 0.05) is 15.6 Å². The van der Waals surface area contributed by atoms with Crippen LogP contribution in [-0.4, -0.2) is 13.0 Å². The van der Waals surface area contributed by atoms with Gasteiger partial charge in [-0.25, -0.2) is 0 Å². The van der Waals surface area contributed by atoms with Crippen LogP contribution in [-0.2, 0) is 11.4 Å². The fourth-order valence-electron chi connectivity index (χ4n) is 2.86. The fraction of sp³-hybridized carbons (Fsp3) is 0.0833. The lowest BCUT2D eigenvalue weighted by atomic mass is 10.1. The summed E-state index contributed by atoms with van der Waals surface area (Å²) in [5, 5.41) is 13.7. The van der Waals surface area contributed by atoms with Crippen LogP contribution < -0.4 is 14.8 Å². The Bertz CT molecular complexity index is 1320. The molecule has 0 unspecified atom stereocenters. The number of amides is 1. The first-order valence-corrected chi connectivity index (χ1v) is 11.4. The van der Waals surface area contributed by atoms with Gasteiger partial charge >= 0.3 is 0 Å². The highest BCUT2D eigenvalue weighted by Crippen LogP contribution is 2.38. The van der Waals surface area contributed by atoms with Crippen molar-refractivity contribution in [3.8, 4) is 17.6 Å². The summed E-state index contributed by atoms with van der Waals surface area (Å²) in [7, 11) is 1.44. The second kappa shape index (κ2) is 11.7. The molecule has 0 aliphatic heterocycles. The zero-order valence-corrected chi connectivity index (χ0v) is 21.2. The molecule has 0 spiro atoms. The number of hydrogen-bond donors (Lipinski definition) is 1. The van der Waals surface area contributed by atoms with Crippen molar-refractivity contribution in [2.45, 2.75) is 6.61 Å². The highest BCUT2D eigenvalue weighted by atomic mass is 35.5. The molecule has 0 aliphatic carbocycles. The number of rotatable bonds is 7. The molecule has 0 saturated heterocycles. The summed E-state index contributed by atoms with van der Waals surface area (Å²) < 4.78 is 11.2. The minimum Gasteiger partial charge on any atom is -0.493 e. The molecule has 0 aliphatic rings. The summed E-state index contributed by atoms with van der Waals surface area (Å²) in [6.45, 7) is 0.119. The number of benzene rings is 3. The van der Waals surface area contributed by atoms with Gasteiger partial charge in [0.05, 0.1) is 27.9 Å². The van der Waals surface area contributed by atoms with E-state index in [4.69, 9.17) is 67.5 Å². The number of halogens is 5. The van der Waals surface area contributed by atoms with Crippen molar-refractivity contribution >= 4 is 75.7 Å². The molecule has 0 heterocycles. The van der Waals surface area contributed by atoms with E-state index in [9.17, 15) is 10.1 Å². The van der Waals surface area contributed by atoms with Crippen LogP contribution >= 0.6 is 58.0 Å². The third-order valence-corrected chi connectivity index (χ3v) is 6.20. The van der Waals surface area contributed by atoms with E-state index in [0.717, 1.165) is 0 Å². The van der Waals surface area contributed by atoms with E-state index in [1.807, 2.05) is 6.07 Å². The molecule has 0 aromatic heterocycles. The van der Waals surface area contributed by atoms with Gasteiger partial charge in [0.1, 0.15) is 18.2 Å². The summed E-state index contributed by atoms with van der Waals surface area (Å²) in [6.07, 6.45) is 1.36. The van der Waals surface area contributed by atoms with E-state index in [1.165, 1.54) is 13.2 Å². The van der Waals surface area contributed by atoms with E-state index in [0.29, 0.717) is 26.9 Å². The first-order valence-electron chi connectivity index (χ1n) is 9.55. The molecule has 0 atom stereocenters. The molecule has 1 N–H and O–H groups in total. The first-order chi connectivity index (χ1) is 16.2. The van der Waals surface area contributed by atoms with Crippen LogP contribution in [0.3, 0.4) is 0 Å². The van der Waals surface area contributed by atoms with Gasteiger partial charge < -0.3 is 14.8 Å². The van der Waals surface area contributed by atoms with Crippen LogP contribution in [0.25, 0.3) is 6.08 Å². The smallest absolute Gasteiger partial charge is 0.266 e. The lowest BCUT2D eigenvalue weighted by Gasteiger charge is -2.14. The summed E-state index contributed by atoms with van der Waals surface area (Å²) in [5.74, 6) is -0.0834. The molecule has 1 amide bonds. The number of ether oxygens (including phenoxy) is 2. The maximum atomic E-state index is 12.6. The zero-order chi connectivity index (χ0) is 24.8. The lowest BCUT2D eigenvalue weighted by molar-refractivity contribution is -0.112. The molecule has 0 saturated carbocycles. The average Bonchev–Trinajstić information content (AvgIpc) is 2.80. The molecule has 3 rings (SSSR count). The van der Waals surface area contributed by atoms with Gasteiger partial charge in [-0.2, -0.15) is 5.26 Å². The molecule has 0 bridgehead atoms. The second-order valence-electron chi connectivity index (χ2n) is 6.78. The van der Waals surface area contributed by atoms with Gasteiger partial charge in [-0.1, -0.05) is 70.1 Å². The van der Waals surface area contributed by atoms with Gasteiger partial charge in [0.15, 0.2) is 11.5 Å². The van der Waals surface area contributed by atoms with Crippen LogP contribution in [0.2, 0.25) is 25.1 Å². The molecule has 10 heteroatoms. The van der Waals surface area contributed by atoms with Gasteiger partial charge in [-0.3, -0.25) is 4.79 Å². The number of nitrogens with one attached hydrogen (secondary N) is 1. The van der Waals surface area contributed by atoms with Crippen molar-refractivity contribution in [3.05, 3.63) is 90.3 Å². The minimum absolute atomic E-state index is 0.119. The second-order valence-corrected chi connectivity index (χ2v) is 8.82. The average molecular weight is 557 g/mol. The van der Waals surface area contributed by atoms with Crippen molar-refractivity contribution in [3.63, 3.8) is 0 Å². The minimum atomic E-state index is -0.667. The van der Waals surface area contributed by atoms with Crippen molar-refractivity contribution in [2.24, 2.45) is 0 Å². The van der Waals surface area contributed by atoms with Gasteiger partial charge in [-0.15, -0.1) is 0 Å². The zero-order valence-electron chi connectivity index (χ0n) is 17.5. The van der Waals surface area contributed by atoms with Gasteiger partial charge in [0.25, 0.3) is 5.91 Å². The number of anilines is 1. The van der Waals surface area contributed by atoms with Gasteiger partial charge in [-0.05, 0) is 48.0 Å². The summed E-state index contributed by atoms with van der Waals surface area (Å²) in [4.78, 5) is 12.6. The topological polar surface area (TPSA) is 71.3 Å². The Morgan fingerprint density at radius 3 is 2.47 bits per heavy atom. The van der Waals surface area contributed by atoms with Crippen molar-refractivity contribution in [1.82, 2.24) is 0 Å². The summed E-state index contributed by atoms with van der Waals surface area (Å²) in [5.41, 5.74) is 1.25. The molecule has 3 aromatic rings. The maximum Gasteiger partial charge on any atom is 0.266 e. The van der Waals surface area contributed by atoms with Crippen LogP contribution in [0.1, 0.15) is 11.1 Å². The molecule has 0 fully saturated rings. The first kappa shape index (κ1) is 26.0. The number of hydrogen-bond acceptors (Lipinski definition) is 4. The van der Waals surface area contributed by atoms with Crippen LogP contribution in [0.15, 0.2) is 54.1 Å². The third kappa shape index (κ3) is 6.29. The van der Waals surface area contributed by atoms with E-state index in [1.54, 1.807) is 48.5 Å². The Kier molecular flexibility index (Phi) is 8.96. The van der Waals surface area contributed by atoms with Crippen molar-refractivity contribution in [2.75, 3.05) is 12.4 Å². The normalized spacial score (nSPS) is 11.0. The molecule has 34 heavy (non-hydrogen) atoms. The molecular formula is C24H15Cl5N2O3. The Hall–Kier alpha value is -2.59. The quantitative estimate of drug-likeness (QED) is 0.236. The number of nitriles is 1. The Morgan fingerprint density at radius 2 is 1.79 bits per heavy atom. The van der Waals surface area contributed by atoms with E-state index >= 15 is 0 Å². The molecule has 0 radical (unpaired) electrons. The Morgan fingerprint density at radius 1 is 1.03 bits per heavy atom. The molecule has 3 aromatic carbocycles. The molecule has 5 nitrogen and oxygen atoms in total. The molecule has 174 valence electrons. The standard InChI is InChI=1S/C24H15Cl5N2O3/c1-33-21-9-13(7-15(11-30)24(32)31-20-4-2-3-17(26)22(20)29)8-19(28)23(21)34-12-14-5-6-16(25)10-18(14)27/h2-10H,12H2,1H3,(H,31,32)/b15-7-. The fourth-order valence-corrected chi connectivity index (χ4v) is 3.94. The highest BCUT2D eigenvalue weighted by molar-refractivity contribution is 6.44. The highest BCUT2D eigenvalue weighted by Gasteiger charge is 2.16. The monoisotopic (exact) mass is 554 g/mol. The largest absolute Gasteiger partial charge is 0.493 e. The van der Waals surface area contributed by atoms with Crippen LogP contribution in [0.5, 0.6) is 11.5 Å². The Balaban J connectivity index is 1.84. The predicted molar refractivity (Wildman–Crippen MR) is 137 cm³/mol. The number of carbonyl (C=O) groups excluding carboxylic acids is 1. The number of carbonyl (C=O) groups is 1. The summed E-state index contributed by atoms with van der Waals surface area (Å²) in [6, 6.07) is 14.8. The maximum absolute atomic E-state index is 12.6. The number of methoxy groups -OCH3 is 1. The van der Waals surface area contributed by atoms with Crippen LogP contribution in [0.4, 0.5) is 5.69 Å². The van der Waals surface area contributed by atoms with Gasteiger partial charge in [0.2, 0.25) is 0 Å².